The van der Waals surface area contributed by atoms with Crippen LogP contribution in [0, 0.1) is 11.6 Å². The second-order valence-corrected chi connectivity index (χ2v) is 5.33. The van der Waals surface area contributed by atoms with E-state index in [4.69, 9.17) is 0 Å². The highest BCUT2D eigenvalue weighted by atomic mass is 19.1. The van der Waals surface area contributed by atoms with Gasteiger partial charge in [0.25, 0.3) is 0 Å². The first-order valence-corrected chi connectivity index (χ1v) is 6.87. The highest BCUT2D eigenvalue weighted by Gasteiger charge is 2.31. The zero-order chi connectivity index (χ0) is 14.1. The number of fused-ring (bicyclic) bond motifs is 1. The summed E-state index contributed by atoms with van der Waals surface area (Å²) in [7, 11) is 0. The summed E-state index contributed by atoms with van der Waals surface area (Å²) in [5.74, 6) is -1.34. The smallest absolute Gasteiger partial charge is 0.192 e. The molecule has 1 saturated carbocycles. The summed E-state index contributed by atoms with van der Waals surface area (Å²) >= 11 is 0. The van der Waals surface area contributed by atoms with E-state index in [1.165, 1.54) is 25.0 Å². The average Bonchev–Trinajstić information content (AvgIpc) is 2.80. The maximum Gasteiger partial charge on any atom is 0.192 e. The van der Waals surface area contributed by atoms with Gasteiger partial charge in [0.15, 0.2) is 5.78 Å². The van der Waals surface area contributed by atoms with Gasteiger partial charge >= 0.3 is 0 Å². The fourth-order valence-electron chi connectivity index (χ4n) is 2.90. The Balaban J connectivity index is 1.76. The first kappa shape index (κ1) is 13.1. The van der Waals surface area contributed by atoms with Crippen LogP contribution in [0.15, 0.2) is 30.1 Å². The topological polar surface area (TPSA) is 41.1 Å². The Labute approximate surface area is 116 Å². The van der Waals surface area contributed by atoms with Crippen LogP contribution in [0.2, 0.25) is 0 Å². The van der Waals surface area contributed by atoms with Gasteiger partial charge in [-0.1, -0.05) is 12.8 Å². The molecular weight excluding hydrogens is 262 g/mol. The van der Waals surface area contributed by atoms with Gasteiger partial charge in [0, 0.05) is 24.2 Å². The molecule has 1 aromatic carbocycles. The third kappa shape index (κ3) is 2.53. The Morgan fingerprint density at radius 1 is 1.15 bits per heavy atom. The standard InChI is InChI=1S/C15H16F2N2O/c16-9-5-6-10(11(17)7-9)14(20)8-15-18-12-3-1-2-4-13(12)19-15/h5-8,12-13,18-19H,1-4H2/t12-,13-/m1/s1. The summed E-state index contributed by atoms with van der Waals surface area (Å²) in [4.78, 5) is 12.0. The number of hydrogen-bond acceptors (Lipinski definition) is 3. The van der Waals surface area contributed by atoms with Crippen molar-refractivity contribution in [2.45, 2.75) is 37.8 Å². The molecule has 106 valence electrons. The number of nitrogens with one attached hydrogen (secondary N) is 2. The van der Waals surface area contributed by atoms with Crippen LogP contribution in [0.1, 0.15) is 36.0 Å². The second-order valence-electron chi connectivity index (χ2n) is 5.33. The molecule has 0 aromatic heterocycles. The highest BCUT2D eigenvalue weighted by molar-refractivity contribution is 6.05. The van der Waals surface area contributed by atoms with Crippen molar-refractivity contribution in [1.82, 2.24) is 10.6 Å². The van der Waals surface area contributed by atoms with E-state index >= 15 is 0 Å². The van der Waals surface area contributed by atoms with Crippen LogP contribution in [0.3, 0.4) is 0 Å². The van der Waals surface area contributed by atoms with Gasteiger partial charge in [-0.05, 0) is 25.0 Å². The Morgan fingerprint density at radius 2 is 1.80 bits per heavy atom. The summed E-state index contributed by atoms with van der Waals surface area (Å²) in [6.45, 7) is 0. The summed E-state index contributed by atoms with van der Waals surface area (Å²) in [6, 6.07) is 3.68. The third-order valence-electron chi connectivity index (χ3n) is 3.92. The molecule has 2 atom stereocenters. The first-order valence-electron chi connectivity index (χ1n) is 6.87. The molecule has 1 aliphatic heterocycles. The van der Waals surface area contributed by atoms with E-state index in [-0.39, 0.29) is 5.56 Å². The van der Waals surface area contributed by atoms with Crippen molar-refractivity contribution in [2.24, 2.45) is 0 Å². The van der Waals surface area contributed by atoms with Crippen LogP contribution in [0.4, 0.5) is 8.78 Å². The van der Waals surface area contributed by atoms with E-state index < -0.39 is 17.4 Å². The van der Waals surface area contributed by atoms with Gasteiger partial charge in [-0.2, -0.15) is 0 Å². The molecule has 2 N–H and O–H groups in total. The second kappa shape index (κ2) is 5.23. The quantitative estimate of drug-likeness (QED) is 0.645. The van der Waals surface area contributed by atoms with Gasteiger partial charge in [0.1, 0.15) is 17.5 Å². The van der Waals surface area contributed by atoms with Gasteiger partial charge in [0.05, 0.1) is 5.56 Å². The zero-order valence-electron chi connectivity index (χ0n) is 11.0. The summed E-state index contributed by atoms with van der Waals surface area (Å²) in [5, 5.41) is 6.51. The number of ketones is 1. The van der Waals surface area contributed by atoms with Crippen LogP contribution in [-0.4, -0.2) is 17.9 Å². The monoisotopic (exact) mass is 278 g/mol. The predicted molar refractivity (Wildman–Crippen MR) is 71.1 cm³/mol. The minimum atomic E-state index is -0.831. The van der Waals surface area contributed by atoms with E-state index in [2.05, 4.69) is 10.6 Å². The van der Waals surface area contributed by atoms with Crippen LogP contribution in [0.5, 0.6) is 0 Å². The normalized spacial score (nSPS) is 24.6. The predicted octanol–water partition coefficient (Wildman–Crippen LogP) is 2.49. The van der Waals surface area contributed by atoms with Crippen molar-refractivity contribution in [2.75, 3.05) is 0 Å². The Kier molecular flexibility index (Phi) is 3.42. The minimum Gasteiger partial charge on any atom is -0.367 e. The molecular formula is C15H16F2N2O. The Hall–Kier alpha value is -1.91. The molecule has 2 fully saturated rings. The largest absolute Gasteiger partial charge is 0.367 e. The molecule has 0 bridgehead atoms. The molecule has 1 aromatic rings. The molecule has 0 unspecified atom stereocenters. The van der Waals surface area contributed by atoms with Crippen molar-refractivity contribution in [3.63, 3.8) is 0 Å². The fraction of sp³-hybridized carbons (Fsp3) is 0.400. The fourth-order valence-corrected chi connectivity index (χ4v) is 2.90. The Morgan fingerprint density at radius 3 is 2.40 bits per heavy atom. The van der Waals surface area contributed by atoms with Gasteiger partial charge in [-0.25, -0.2) is 8.78 Å². The molecule has 0 spiro atoms. The van der Waals surface area contributed by atoms with Crippen LogP contribution >= 0.6 is 0 Å². The molecule has 20 heavy (non-hydrogen) atoms. The van der Waals surface area contributed by atoms with Gasteiger partial charge in [-0.15, -0.1) is 0 Å². The van der Waals surface area contributed by atoms with E-state index in [0.717, 1.165) is 25.0 Å². The third-order valence-corrected chi connectivity index (χ3v) is 3.92. The lowest BCUT2D eigenvalue weighted by molar-refractivity contribution is 0.104. The summed E-state index contributed by atoms with van der Waals surface area (Å²) in [6.07, 6.45) is 5.88. The average molecular weight is 278 g/mol. The maximum atomic E-state index is 13.5. The van der Waals surface area contributed by atoms with Crippen molar-refractivity contribution in [1.29, 1.82) is 0 Å². The van der Waals surface area contributed by atoms with Gasteiger partial charge in [-0.3, -0.25) is 4.79 Å². The van der Waals surface area contributed by atoms with E-state index in [1.807, 2.05) is 0 Å². The van der Waals surface area contributed by atoms with Crippen molar-refractivity contribution in [3.05, 3.63) is 47.3 Å². The molecule has 3 rings (SSSR count). The molecule has 0 radical (unpaired) electrons. The lowest BCUT2D eigenvalue weighted by Crippen LogP contribution is -2.36. The van der Waals surface area contributed by atoms with Crippen LogP contribution in [0.25, 0.3) is 0 Å². The SMILES string of the molecule is O=C(C=C1N[C@@H]2CCCC[C@H]2N1)c1ccc(F)cc1F. The number of hydrogen-bond donors (Lipinski definition) is 2. The maximum absolute atomic E-state index is 13.5. The van der Waals surface area contributed by atoms with Crippen molar-refractivity contribution < 1.29 is 13.6 Å². The lowest BCUT2D eigenvalue weighted by Gasteiger charge is -2.23. The summed E-state index contributed by atoms with van der Waals surface area (Å²) < 4.78 is 26.4. The molecule has 1 heterocycles. The van der Waals surface area contributed by atoms with Gasteiger partial charge in [0.2, 0.25) is 0 Å². The molecule has 1 saturated heterocycles. The molecule has 3 nitrogen and oxygen atoms in total. The van der Waals surface area contributed by atoms with Gasteiger partial charge < -0.3 is 10.6 Å². The van der Waals surface area contributed by atoms with Crippen molar-refractivity contribution in [3.8, 4) is 0 Å². The minimum absolute atomic E-state index is 0.114. The van der Waals surface area contributed by atoms with Crippen molar-refractivity contribution >= 4 is 5.78 Å². The number of carbonyl (C=O) groups excluding carboxylic acids is 1. The van der Waals surface area contributed by atoms with E-state index in [1.54, 1.807) is 0 Å². The number of halogens is 2. The summed E-state index contributed by atoms with van der Waals surface area (Å²) in [5.41, 5.74) is -0.114. The number of carbonyl (C=O) groups is 1. The Bertz CT molecular complexity index is 555. The first-order chi connectivity index (χ1) is 9.63. The molecule has 5 heteroatoms. The molecule has 0 amide bonds. The highest BCUT2D eigenvalue weighted by Crippen LogP contribution is 2.24. The van der Waals surface area contributed by atoms with E-state index in [9.17, 15) is 13.6 Å². The van der Waals surface area contributed by atoms with E-state index in [0.29, 0.717) is 17.9 Å². The number of rotatable bonds is 2. The molecule has 1 aliphatic carbocycles. The lowest BCUT2D eigenvalue weighted by atomic mass is 9.92. The number of benzene rings is 1. The van der Waals surface area contributed by atoms with Crippen LogP contribution < -0.4 is 10.6 Å². The number of allylic oxidation sites excluding steroid dienone is 1. The van der Waals surface area contributed by atoms with Crippen LogP contribution in [-0.2, 0) is 0 Å². The zero-order valence-corrected chi connectivity index (χ0v) is 11.0. The molecule has 2 aliphatic rings.